The topological polar surface area (TPSA) is 34.1 Å². The third-order valence-corrected chi connectivity index (χ3v) is 3.96. The zero-order valence-electron chi connectivity index (χ0n) is 12.0. The molecule has 0 fully saturated rings. The van der Waals surface area contributed by atoms with Gasteiger partial charge in [0.15, 0.2) is 0 Å². The Kier molecular flexibility index (Phi) is 4.90. The van der Waals surface area contributed by atoms with Gasteiger partial charge in [0.25, 0.3) is 0 Å². The Labute approximate surface area is 126 Å². The van der Waals surface area contributed by atoms with Gasteiger partial charge in [-0.3, -0.25) is 0 Å². The number of hydrogen-bond donors (Lipinski definition) is 1. The van der Waals surface area contributed by atoms with Crippen molar-refractivity contribution in [3.63, 3.8) is 0 Å². The van der Waals surface area contributed by atoms with Crippen LogP contribution in [0.1, 0.15) is 19.0 Å². The third kappa shape index (κ3) is 3.05. The van der Waals surface area contributed by atoms with Gasteiger partial charge in [-0.05, 0) is 24.6 Å². The molecule has 6 heteroatoms. The van der Waals surface area contributed by atoms with E-state index in [0.29, 0.717) is 16.5 Å². The van der Waals surface area contributed by atoms with Gasteiger partial charge >= 0.3 is 0 Å². The van der Waals surface area contributed by atoms with Gasteiger partial charge < -0.3 is 10.1 Å². The fourth-order valence-electron chi connectivity index (χ4n) is 1.93. The van der Waals surface area contributed by atoms with E-state index in [-0.39, 0.29) is 10.6 Å². The zero-order valence-corrected chi connectivity index (χ0v) is 12.9. The summed E-state index contributed by atoms with van der Waals surface area (Å²) < 4.78 is 33.1. The molecule has 0 unspecified atom stereocenters. The molecular weight excluding hydrogens is 294 g/mol. The average Bonchev–Trinajstić information content (AvgIpc) is 2.88. The van der Waals surface area contributed by atoms with Gasteiger partial charge in [0.1, 0.15) is 33.1 Å². The van der Waals surface area contributed by atoms with Gasteiger partial charge in [-0.25, -0.2) is 13.8 Å². The van der Waals surface area contributed by atoms with Crippen molar-refractivity contribution >= 4 is 22.1 Å². The summed E-state index contributed by atoms with van der Waals surface area (Å²) in [6.07, 6.45) is 2.64. The van der Waals surface area contributed by atoms with Gasteiger partial charge in [0.2, 0.25) is 0 Å². The molecule has 3 nitrogen and oxygen atoms in total. The molecule has 0 atom stereocenters. The van der Waals surface area contributed by atoms with Crippen LogP contribution in [0.15, 0.2) is 24.3 Å². The molecule has 2 aromatic rings. The van der Waals surface area contributed by atoms with Crippen LogP contribution in [0.25, 0.3) is 16.3 Å². The average molecular weight is 310 g/mol. The van der Waals surface area contributed by atoms with Crippen LogP contribution in [0, 0.1) is 11.6 Å². The first kappa shape index (κ1) is 15.4. The number of anilines is 1. The maximum Gasteiger partial charge on any atom is 0.143 e. The van der Waals surface area contributed by atoms with E-state index in [1.807, 2.05) is 13.0 Å². The monoisotopic (exact) mass is 310 g/mol. The Morgan fingerprint density at radius 1 is 1.38 bits per heavy atom. The molecule has 0 aliphatic heterocycles. The number of methoxy groups -OCH3 is 1. The van der Waals surface area contributed by atoms with E-state index in [9.17, 15) is 8.78 Å². The minimum Gasteiger partial charge on any atom is -0.495 e. The Morgan fingerprint density at radius 3 is 2.57 bits per heavy atom. The highest BCUT2D eigenvalue weighted by Crippen LogP contribution is 2.37. The van der Waals surface area contributed by atoms with Crippen LogP contribution in [0.2, 0.25) is 0 Å². The maximum atomic E-state index is 13.9. The zero-order chi connectivity index (χ0) is 15.4. The number of hydrogen-bond acceptors (Lipinski definition) is 4. The first-order valence-corrected chi connectivity index (χ1v) is 7.31. The molecule has 1 aromatic carbocycles. The molecular formula is C15H16F2N2OS. The predicted octanol–water partition coefficient (Wildman–Crippen LogP) is 4.53. The number of allylic oxidation sites excluding steroid dienone is 1. The summed E-state index contributed by atoms with van der Waals surface area (Å²) in [7, 11) is 3.28. The number of rotatable bonds is 5. The van der Waals surface area contributed by atoms with Crippen molar-refractivity contribution in [3.8, 4) is 10.6 Å². The summed E-state index contributed by atoms with van der Waals surface area (Å²) in [6.45, 7) is 1.97. The number of benzene rings is 1. The Morgan fingerprint density at radius 2 is 2.05 bits per heavy atom. The molecule has 1 aromatic heterocycles. The molecule has 0 saturated carbocycles. The van der Waals surface area contributed by atoms with Crippen molar-refractivity contribution in [1.82, 2.24) is 4.98 Å². The molecule has 112 valence electrons. The molecule has 2 rings (SSSR count). The normalized spacial score (nSPS) is 11.6. The van der Waals surface area contributed by atoms with Gasteiger partial charge in [-0.2, -0.15) is 0 Å². The number of halogens is 2. The molecule has 0 amide bonds. The fourth-order valence-corrected chi connectivity index (χ4v) is 2.90. The second-order valence-corrected chi connectivity index (χ2v) is 5.22. The molecule has 0 saturated heterocycles. The maximum absolute atomic E-state index is 13.9. The van der Waals surface area contributed by atoms with Crippen LogP contribution < -0.4 is 5.32 Å². The molecule has 1 heterocycles. The highest BCUT2D eigenvalue weighted by Gasteiger charge is 2.20. The molecule has 0 aliphatic rings. The summed E-state index contributed by atoms with van der Waals surface area (Å²) in [6, 6.07) is 3.77. The smallest absolute Gasteiger partial charge is 0.143 e. The first-order chi connectivity index (χ1) is 10.1. The van der Waals surface area contributed by atoms with Gasteiger partial charge in [-0.15, -0.1) is 0 Å². The minimum atomic E-state index is -0.628. The van der Waals surface area contributed by atoms with Crippen LogP contribution in [0.5, 0.6) is 0 Å². The van der Waals surface area contributed by atoms with E-state index in [1.165, 1.54) is 29.5 Å². The van der Waals surface area contributed by atoms with Crippen LogP contribution in [0.4, 0.5) is 13.8 Å². The van der Waals surface area contributed by atoms with Crippen LogP contribution in [-0.2, 0) is 4.74 Å². The highest BCUT2D eigenvalue weighted by molar-refractivity contribution is 7.19. The SMILES string of the molecule is CC/C=C(\OC)c1nc(-c2c(F)cccc2F)sc1NC. The number of nitrogens with one attached hydrogen (secondary N) is 1. The quantitative estimate of drug-likeness (QED) is 0.824. The number of ether oxygens (including phenoxy) is 1. The van der Waals surface area contributed by atoms with Crippen molar-refractivity contribution in [2.24, 2.45) is 0 Å². The second-order valence-electron chi connectivity index (χ2n) is 4.22. The number of nitrogens with zero attached hydrogens (tertiary/aromatic N) is 1. The summed E-state index contributed by atoms with van der Waals surface area (Å²) in [5.74, 6) is -0.672. The summed E-state index contributed by atoms with van der Waals surface area (Å²) in [5.41, 5.74) is 0.446. The van der Waals surface area contributed by atoms with Crippen molar-refractivity contribution in [3.05, 3.63) is 41.6 Å². The molecule has 21 heavy (non-hydrogen) atoms. The molecule has 0 bridgehead atoms. The summed E-state index contributed by atoms with van der Waals surface area (Å²) in [4.78, 5) is 4.35. The number of aromatic nitrogens is 1. The Bertz CT molecular complexity index is 647. The lowest BCUT2D eigenvalue weighted by Crippen LogP contribution is -1.94. The minimum absolute atomic E-state index is 0.114. The standard InChI is InChI=1S/C15H16F2N2OS/c1-4-6-11(20-3)13-15(18-2)21-14(19-13)12-9(16)7-5-8-10(12)17/h5-8,18H,4H2,1-3H3/b11-6-. The van der Waals surface area contributed by atoms with E-state index in [2.05, 4.69) is 10.3 Å². The van der Waals surface area contributed by atoms with E-state index in [4.69, 9.17) is 4.74 Å². The van der Waals surface area contributed by atoms with E-state index in [1.54, 1.807) is 14.2 Å². The summed E-state index contributed by atoms with van der Waals surface area (Å²) >= 11 is 1.19. The highest BCUT2D eigenvalue weighted by atomic mass is 32.1. The lowest BCUT2D eigenvalue weighted by molar-refractivity contribution is 0.367. The third-order valence-electron chi connectivity index (χ3n) is 2.87. The van der Waals surface area contributed by atoms with Crippen molar-refractivity contribution in [2.75, 3.05) is 19.5 Å². The van der Waals surface area contributed by atoms with Crippen molar-refractivity contribution in [2.45, 2.75) is 13.3 Å². The van der Waals surface area contributed by atoms with E-state index >= 15 is 0 Å². The van der Waals surface area contributed by atoms with E-state index in [0.717, 1.165) is 6.42 Å². The fraction of sp³-hybridized carbons (Fsp3) is 0.267. The molecule has 1 N–H and O–H groups in total. The van der Waals surface area contributed by atoms with Gasteiger partial charge in [0.05, 0.1) is 12.7 Å². The van der Waals surface area contributed by atoms with E-state index < -0.39 is 11.6 Å². The Hall–Kier alpha value is -1.95. The Balaban J connectivity index is 2.58. The molecule has 0 radical (unpaired) electrons. The second kappa shape index (κ2) is 6.67. The largest absolute Gasteiger partial charge is 0.495 e. The predicted molar refractivity (Wildman–Crippen MR) is 82.3 cm³/mol. The van der Waals surface area contributed by atoms with Crippen molar-refractivity contribution < 1.29 is 13.5 Å². The lowest BCUT2D eigenvalue weighted by atomic mass is 10.2. The van der Waals surface area contributed by atoms with Crippen LogP contribution in [-0.4, -0.2) is 19.1 Å². The molecule has 0 spiro atoms. The molecule has 0 aliphatic carbocycles. The lowest BCUT2D eigenvalue weighted by Gasteiger charge is -2.05. The number of thiazole rings is 1. The van der Waals surface area contributed by atoms with Crippen LogP contribution in [0.3, 0.4) is 0 Å². The van der Waals surface area contributed by atoms with Crippen LogP contribution >= 0.6 is 11.3 Å². The van der Waals surface area contributed by atoms with Gasteiger partial charge in [-0.1, -0.05) is 24.3 Å². The van der Waals surface area contributed by atoms with Crippen molar-refractivity contribution in [1.29, 1.82) is 0 Å². The van der Waals surface area contributed by atoms with Gasteiger partial charge in [0, 0.05) is 7.05 Å². The summed E-state index contributed by atoms with van der Waals surface area (Å²) in [5, 5.41) is 3.97. The first-order valence-electron chi connectivity index (χ1n) is 6.49.